The van der Waals surface area contributed by atoms with E-state index in [1.165, 1.54) is 32.1 Å². The molecule has 0 saturated heterocycles. The summed E-state index contributed by atoms with van der Waals surface area (Å²) in [5, 5.41) is 13.1. The quantitative estimate of drug-likeness (QED) is 0.768. The van der Waals surface area contributed by atoms with E-state index in [1.807, 2.05) is 0 Å². The van der Waals surface area contributed by atoms with Crippen molar-refractivity contribution in [3.8, 4) is 0 Å². The average Bonchev–Trinajstić information content (AvgIpc) is 2.98. The Hall–Kier alpha value is -0.120. The number of aliphatic hydroxyl groups excluding tert-OH is 1. The minimum absolute atomic E-state index is 0.00623. The van der Waals surface area contributed by atoms with E-state index < -0.39 is 0 Å². The molecule has 2 aliphatic rings. The molecule has 17 heavy (non-hydrogen) atoms. The van der Waals surface area contributed by atoms with Gasteiger partial charge in [-0.25, -0.2) is 0 Å². The number of likely N-dealkylation sites (N-methyl/N-ethyl adjacent to an activating group) is 1. The molecule has 3 heteroatoms. The van der Waals surface area contributed by atoms with Crippen LogP contribution in [0.4, 0.5) is 0 Å². The van der Waals surface area contributed by atoms with Crippen molar-refractivity contribution in [3.63, 3.8) is 0 Å². The van der Waals surface area contributed by atoms with Gasteiger partial charge in [-0.1, -0.05) is 19.8 Å². The first-order valence-corrected chi connectivity index (χ1v) is 7.28. The first-order chi connectivity index (χ1) is 8.21. The Morgan fingerprint density at radius 3 is 2.53 bits per heavy atom. The molecular weight excluding hydrogens is 212 g/mol. The van der Waals surface area contributed by atoms with Gasteiger partial charge in [-0.15, -0.1) is 0 Å². The van der Waals surface area contributed by atoms with E-state index in [0.29, 0.717) is 6.04 Å². The molecule has 0 spiro atoms. The SMILES string of the molecule is CCNC1(CO)CCC(N(C)C2CCCC2)C1. The van der Waals surface area contributed by atoms with Crippen LogP contribution in [-0.4, -0.2) is 47.8 Å². The van der Waals surface area contributed by atoms with Crippen LogP contribution in [0.5, 0.6) is 0 Å². The van der Waals surface area contributed by atoms with Gasteiger partial charge in [-0.3, -0.25) is 0 Å². The van der Waals surface area contributed by atoms with E-state index in [9.17, 15) is 5.11 Å². The largest absolute Gasteiger partial charge is 0.394 e. The number of hydrogen-bond acceptors (Lipinski definition) is 3. The normalized spacial score (nSPS) is 34.9. The molecule has 2 aliphatic carbocycles. The third-order valence-corrected chi connectivity index (χ3v) is 4.91. The van der Waals surface area contributed by atoms with Gasteiger partial charge in [-0.05, 0) is 45.7 Å². The van der Waals surface area contributed by atoms with Crippen LogP contribution >= 0.6 is 0 Å². The predicted octanol–water partition coefficient (Wildman–Crippen LogP) is 1.75. The van der Waals surface area contributed by atoms with Crippen LogP contribution in [-0.2, 0) is 0 Å². The van der Waals surface area contributed by atoms with Gasteiger partial charge < -0.3 is 15.3 Å². The lowest BCUT2D eigenvalue weighted by molar-refractivity contribution is 0.136. The highest BCUT2D eigenvalue weighted by atomic mass is 16.3. The Balaban J connectivity index is 1.91. The Morgan fingerprint density at radius 1 is 1.24 bits per heavy atom. The van der Waals surface area contributed by atoms with Gasteiger partial charge in [0.15, 0.2) is 0 Å². The van der Waals surface area contributed by atoms with Crippen LogP contribution < -0.4 is 5.32 Å². The third kappa shape index (κ3) is 2.83. The van der Waals surface area contributed by atoms with Crippen molar-refractivity contribution in [2.24, 2.45) is 0 Å². The van der Waals surface area contributed by atoms with Crippen molar-refractivity contribution < 1.29 is 5.11 Å². The predicted molar refractivity (Wildman–Crippen MR) is 71.2 cm³/mol. The van der Waals surface area contributed by atoms with Crippen molar-refractivity contribution in [1.82, 2.24) is 10.2 Å². The Morgan fingerprint density at radius 2 is 1.94 bits per heavy atom. The second-order valence-corrected chi connectivity index (χ2v) is 5.97. The van der Waals surface area contributed by atoms with Crippen molar-refractivity contribution >= 4 is 0 Å². The van der Waals surface area contributed by atoms with E-state index in [1.54, 1.807) is 0 Å². The summed E-state index contributed by atoms with van der Waals surface area (Å²) in [6, 6.07) is 1.47. The van der Waals surface area contributed by atoms with Crippen molar-refractivity contribution in [2.75, 3.05) is 20.2 Å². The fraction of sp³-hybridized carbons (Fsp3) is 1.00. The lowest BCUT2D eigenvalue weighted by Gasteiger charge is -2.33. The zero-order chi connectivity index (χ0) is 12.3. The van der Waals surface area contributed by atoms with Crippen LogP contribution in [0.1, 0.15) is 51.9 Å². The summed E-state index contributed by atoms with van der Waals surface area (Å²) in [6.45, 7) is 3.38. The summed E-state index contributed by atoms with van der Waals surface area (Å²) in [5.41, 5.74) is 0.00623. The zero-order valence-corrected chi connectivity index (χ0v) is 11.4. The molecule has 0 aromatic heterocycles. The van der Waals surface area contributed by atoms with Crippen molar-refractivity contribution in [2.45, 2.75) is 69.5 Å². The van der Waals surface area contributed by atoms with Crippen LogP contribution in [0.3, 0.4) is 0 Å². The second-order valence-electron chi connectivity index (χ2n) is 5.97. The maximum Gasteiger partial charge on any atom is 0.0613 e. The van der Waals surface area contributed by atoms with Gasteiger partial charge in [0.2, 0.25) is 0 Å². The van der Waals surface area contributed by atoms with E-state index in [0.717, 1.165) is 25.4 Å². The van der Waals surface area contributed by atoms with E-state index >= 15 is 0 Å². The molecule has 2 fully saturated rings. The third-order valence-electron chi connectivity index (χ3n) is 4.91. The lowest BCUT2D eigenvalue weighted by atomic mass is 9.98. The highest BCUT2D eigenvalue weighted by Crippen LogP contribution is 2.35. The first kappa shape index (κ1) is 13.3. The molecule has 0 amide bonds. The van der Waals surface area contributed by atoms with Crippen molar-refractivity contribution in [3.05, 3.63) is 0 Å². The van der Waals surface area contributed by atoms with Gasteiger partial charge in [0.1, 0.15) is 0 Å². The minimum atomic E-state index is 0.00623. The van der Waals surface area contributed by atoms with Gasteiger partial charge in [-0.2, -0.15) is 0 Å². The van der Waals surface area contributed by atoms with E-state index in [2.05, 4.69) is 24.2 Å². The monoisotopic (exact) mass is 240 g/mol. The fourth-order valence-corrected chi connectivity index (χ4v) is 3.79. The highest BCUT2D eigenvalue weighted by Gasteiger charge is 2.40. The number of nitrogens with one attached hydrogen (secondary N) is 1. The van der Waals surface area contributed by atoms with Crippen LogP contribution in [0.15, 0.2) is 0 Å². The maximum atomic E-state index is 9.63. The van der Waals surface area contributed by atoms with Gasteiger partial charge in [0, 0.05) is 17.6 Å². The Bertz CT molecular complexity index is 240. The molecule has 0 heterocycles. The number of aliphatic hydroxyl groups is 1. The topological polar surface area (TPSA) is 35.5 Å². The lowest BCUT2D eigenvalue weighted by Crippen LogP contribution is -2.48. The van der Waals surface area contributed by atoms with Gasteiger partial charge in [0.05, 0.1) is 6.61 Å². The number of rotatable bonds is 5. The Kier molecular flexibility index (Phi) is 4.45. The van der Waals surface area contributed by atoms with Crippen molar-refractivity contribution in [1.29, 1.82) is 0 Å². The number of nitrogens with zero attached hydrogens (tertiary/aromatic N) is 1. The highest BCUT2D eigenvalue weighted by molar-refractivity contribution is 5.00. The second kappa shape index (κ2) is 5.68. The van der Waals surface area contributed by atoms with E-state index in [4.69, 9.17) is 0 Å². The molecule has 2 N–H and O–H groups in total. The summed E-state index contributed by atoms with van der Waals surface area (Å²) in [5.74, 6) is 0. The van der Waals surface area contributed by atoms with Crippen LogP contribution in [0.2, 0.25) is 0 Å². The van der Waals surface area contributed by atoms with Crippen LogP contribution in [0, 0.1) is 0 Å². The summed E-state index contributed by atoms with van der Waals surface area (Å²) >= 11 is 0. The summed E-state index contributed by atoms with van der Waals surface area (Å²) in [4.78, 5) is 2.60. The molecule has 2 atom stereocenters. The molecule has 0 radical (unpaired) electrons. The average molecular weight is 240 g/mol. The fourth-order valence-electron chi connectivity index (χ4n) is 3.79. The molecule has 0 aromatic carbocycles. The molecule has 0 bridgehead atoms. The van der Waals surface area contributed by atoms with Gasteiger partial charge >= 0.3 is 0 Å². The molecule has 2 unspecified atom stereocenters. The molecular formula is C14H28N2O. The van der Waals surface area contributed by atoms with Crippen LogP contribution in [0.25, 0.3) is 0 Å². The maximum absolute atomic E-state index is 9.63. The smallest absolute Gasteiger partial charge is 0.0613 e. The molecule has 2 rings (SSSR count). The minimum Gasteiger partial charge on any atom is -0.394 e. The standard InChI is InChI=1S/C14H28N2O/c1-3-15-14(11-17)9-8-13(10-14)16(2)12-6-4-5-7-12/h12-13,15,17H,3-11H2,1-2H3. The zero-order valence-electron chi connectivity index (χ0n) is 11.4. The Labute approximate surface area is 106 Å². The van der Waals surface area contributed by atoms with E-state index in [-0.39, 0.29) is 12.1 Å². The molecule has 0 aromatic rings. The first-order valence-electron chi connectivity index (χ1n) is 7.28. The number of hydrogen-bond donors (Lipinski definition) is 2. The summed E-state index contributed by atoms with van der Waals surface area (Å²) < 4.78 is 0. The summed E-state index contributed by atoms with van der Waals surface area (Å²) in [7, 11) is 2.29. The summed E-state index contributed by atoms with van der Waals surface area (Å²) in [6.07, 6.45) is 9.03. The molecule has 0 aliphatic heterocycles. The molecule has 2 saturated carbocycles. The van der Waals surface area contributed by atoms with Gasteiger partial charge in [0.25, 0.3) is 0 Å². The molecule has 3 nitrogen and oxygen atoms in total. The molecule has 100 valence electrons.